The third-order valence-corrected chi connectivity index (χ3v) is 6.69. The predicted octanol–water partition coefficient (Wildman–Crippen LogP) is 3.64. The normalized spacial score (nSPS) is 20.8. The summed E-state index contributed by atoms with van der Waals surface area (Å²) in [5.41, 5.74) is 1.20. The zero-order valence-electron chi connectivity index (χ0n) is 17.1. The van der Waals surface area contributed by atoms with E-state index in [2.05, 4.69) is 27.3 Å². The zero-order chi connectivity index (χ0) is 20.2. The first-order valence-electron chi connectivity index (χ1n) is 10.3. The Balaban J connectivity index is 1.45. The van der Waals surface area contributed by atoms with Gasteiger partial charge < -0.3 is 14.8 Å². The van der Waals surface area contributed by atoms with Crippen molar-refractivity contribution in [2.24, 2.45) is 11.8 Å². The van der Waals surface area contributed by atoms with Gasteiger partial charge in [-0.2, -0.15) is 0 Å². The van der Waals surface area contributed by atoms with Crippen molar-refractivity contribution in [1.29, 1.82) is 0 Å². The van der Waals surface area contributed by atoms with Crippen LogP contribution in [0.3, 0.4) is 0 Å². The smallest absolute Gasteiger partial charge is 0.223 e. The molecule has 156 valence electrons. The van der Waals surface area contributed by atoms with E-state index in [1.807, 2.05) is 17.6 Å². The van der Waals surface area contributed by atoms with Crippen LogP contribution < -0.4 is 14.8 Å². The fourth-order valence-corrected chi connectivity index (χ4v) is 4.91. The van der Waals surface area contributed by atoms with Crippen LogP contribution in [0.5, 0.6) is 11.5 Å². The number of methoxy groups -OCH3 is 2. The van der Waals surface area contributed by atoms with Gasteiger partial charge in [-0.05, 0) is 55.8 Å². The quantitative estimate of drug-likeness (QED) is 0.713. The zero-order valence-corrected chi connectivity index (χ0v) is 17.9. The van der Waals surface area contributed by atoms with Crippen LogP contribution in [0.25, 0.3) is 0 Å². The number of carbonyl (C=O) groups excluding carboxylic acids is 1. The van der Waals surface area contributed by atoms with Gasteiger partial charge in [-0.15, -0.1) is 11.3 Å². The van der Waals surface area contributed by atoms with E-state index >= 15 is 0 Å². The van der Waals surface area contributed by atoms with E-state index in [1.54, 1.807) is 25.6 Å². The molecule has 0 spiro atoms. The van der Waals surface area contributed by atoms with Gasteiger partial charge in [-0.3, -0.25) is 9.69 Å². The van der Waals surface area contributed by atoms with Crippen molar-refractivity contribution in [1.82, 2.24) is 15.2 Å². The van der Waals surface area contributed by atoms with Gasteiger partial charge in [0.1, 0.15) is 5.01 Å². The number of amides is 1. The molecule has 2 heterocycles. The molecule has 4 rings (SSSR count). The Bertz CT molecular complexity index is 823. The lowest BCUT2D eigenvalue weighted by Gasteiger charge is -2.36. The fraction of sp³-hybridized carbons (Fsp3) is 0.545. The molecule has 2 atom stereocenters. The Hall–Kier alpha value is -2.12. The molecule has 1 aliphatic heterocycles. The van der Waals surface area contributed by atoms with Gasteiger partial charge in [-0.1, -0.05) is 6.07 Å². The molecule has 1 amide bonds. The second kappa shape index (κ2) is 9.13. The number of nitrogens with zero attached hydrogens (tertiary/aromatic N) is 2. The number of rotatable bonds is 8. The van der Waals surface area contributed by atoms with Gasteiger partial charge in [0.2, 0.25) is 5.91 Å². The molecule has 2 aromatic rings. The predicted molar refractivity (Wildman–Crippen MR) is 113 cm³/mol. The molecule has 0 radical (unpaired) electrons. The third kappa shape index (κ3) is 4.90. The summed E-state index contributed by atoms with van der Waals surface area (Å²) >= 11 is 1.64. The van der Waals surface area contributed by atoms with Crippen LogP contribution in [-0.4, -0.2) is 43.1 Å². The van der Waals surface area contributed by atoms with Crippen LogP contribution in [0.1, 0.15) is 42.3 Å². The maximum atomic E-state index is 12.5. The number of piperidine rings is 1. The summed E-state index contributed by atoms with van der Waals surface area (Å²) in [7, 11) is 3.32. The lowest BCUT2D eigenvalue weighted by Crippen LogP contribution is -2.43. The summed E-state index contributed by atoms with van der Waals surface area (Å²) in [4.78, 5) is 19.5. The average molecular weight is 416 g/mol. The van der Waals surface area contributed by atoms with Crippen molar-refractivity contribution in [3.63, 3.8) is 0 Å². The van der Waals surface area contributed by atoms with Crippen LogP contribution in [0, 0.1) is 11.8 Å². The first kappa shape index (κ1) is 20.2. The Morgan fingerprint density at radius 2 is 2.10 bits per heavy atom. The van der Waals surface area contributed by atoms with E-state index in [0.717, 1.165) is 61.8 Å². The van der Waals surface area contributed by atoms with Crippen molar-refractivity contribution >= 4 is 17.2 Å². The van der Waals surface area contributed by atoms with E-state index in [0.29, 0.717) is 5.92 Å². The van der Waals surface area contributed by atoms with E-state index in [9.17, 15) is 4.79 Å². The standard InChI is InChI=1S/C22H29N3O3S/c1-27-18-8-5-15(12-19(18)28-2)13-25-10-3-4-17(14-25)20(22-23-9-11-29-22)24-21(26)16-6-7-16/h5,8-9,11-12,16-17,20H,3-4,6-7,10,13-14H2,1-2H3,(H,24,26)/t17-,20-/m1/s1. The molecule has 1 N–H and O–H groups in total. The van der Waals surface area contributed by atoms with Gasteiger partial charge in [0, 0.05) is 30.6 Å². The van der Waals surface area contributed by atoms with E-state index in [-0.39, 0.29) is 17.9 Å². The molecule has 1 saturated carbocycles. The molecular formula is C22H29N3O3S. The number of hydrogen-bond acceptors (Lipinski definition) is 6. The Kier molecular flexibility index (Phi) is 6.35. The summed E-state index contributed by atoms with van der Waals surface area (Å²) in [6.07, 6.45) is 6.11. The number of nitrogens with one attached hydrogen (secondary N) is 1. The molecule has 29 heavy (non-hydrogen) atoms. The summed E-state index contributed by atoms with van der Waals surface area (Å²) < 4.78 is 10.8. The van der Waals surface area contributed by atoms with Crippen LogP contribution in [0.4, 0.5) is 0 Å². The van der Waals surface area contributed by atoms with Crippen molar-refractivity contribution in [2.75, 3.05) is 27.3 Å². The maximum Gasteiger partial charge on any atom is 0.223 e. The highest BCUT2D eigenvalue weighted by Gasteiger charge is 2.36. The first-order chi connectivity index (χ1) is 14.2. The number of likely N-dealkylation sites (tertiary alicyclic amines) is 1. The molecule has 0 bridgehead atoms. The molecule has 6 nitrogen and oxygen atoms in total. The van der Waals surface area contributed by atoms with Gasteiger partial charge >= 0.3 is 0 Å². The van der Waals surface area contributed by atoms with E-state index in [4.69, 9.17) is 9.47 Å². The van der Waals surface area contributed by atoms with Crippen LogP contribution in [0.2, 0.25) is 0 Å². The first-order valence-corrected chi connectivity index (χ1v) is 11.2. The maximum absolute atomic E-state index is 12.5. The second-order valence-electron chi connectivity index (χ2n) is 7.96. The van der Waals surface area contributed by atoms with Gasteiger partial charge in [0.25, 0.3) is 0 Å². The molecule has 2 aliphatic rings. The van der Waals surface area contributed by atoms with Crippen LogP contribution in [0.15, 0.2) is 29.8 Å². The fourth-order valence-electron chi connectivity index (χ4n) is 4.13. The van der Waals surface area contributed by atoms with Crippen molar-refractivity contribution < 1.29 is 14.3 Å². The highest BCUT2D eigenvalue weighted by Crippen LogP contribution is 2.35. The van der Waals surface area contributed by atoms with Crippen LogP contribution >= 0.6 is 11.3 Å². The molecule has 2 fully saturated rings. The Morgan fingerprint density at radius 3 is 2.79 bits per heavy atom. The van der Waals surface area contributed by atoms with Crippen molar-refractivity contribution in [2.45, 2.75) is 38.3 Å². The number of ether oxygens (including phenoxy) is 2. The molecule has 1 aliphatic carbocycles. The minimum atomic E-state index is 0.0105. The minimum absolute atomic E-state index is 0.0105. The molecular weight excluding hydrogens is 386 g/mol. The van der Waals surface area contributed by atoms with Gasteiger partial charge in [0.05, 0.1) is 20.3 Å². The van der Waals surface area contributed by atoms with Crippen molar-refractivity contribution in [3.05, 3.63) is 40.3 Å². The largest absolute Gasteiger partial charge is 0.493 e. The highest BCUT2D eigenvalue weighted by molar-refractivity contribution is 7.09. The third-order valence-electron chi connectivity index (χ3n) is 5.83. The van der Waals surface area contributed by atoms with E-state index in [1.165, 1.54) is 5.56 Å². The molecule has 1 aromatic heterocycles. The molecule has 0 unspecified atom stereocenters. The van der Waals surface area contributed by atoms with Gasteiger partial charge in [-0.25, -0.2) is 4.98 Å². The monoisotopic (exact) mass is 415 g/mol. The second-order valence-corrected chi connectivity index (χ2v) is 8.88. The summed E-state index contributed by atoms with van der Waals surface area (Å²) in [6, 6.07) is 6.12. The number of thiazole rings is 1. The summed E-state index contributed by atoms with van der Waals surface area (Å²) in [5, 5.41) is 6.34. The SMILES string of the molecule is COc1ccc(CN2CCC[C@@H]([C@@H](NC(=O)C3CC3)c3nccs3)C2)cc1OC. The lowest BCUT2D eigenvalue weighted by atomic mass is 9.90. The Morgan fingerprint density at radius 1 is 1.28 bits per heavy atom. The molecule has 7 heteroatoms. The average Bonchev–Trinajstić information content (AvgIpc) is 3.47. The number of carbonyl (C=O) groups is 1. The topological polar surface area (TPSA) is 63.7 Å². The van der Waals surface area contributed by atoms with E-state index < -0.39 is 0 Å². The molecule has 1 aromatic carbocycles. The summed E-state index contributed by atoms with van der Waals surface area (Å²) in [5.74, 6) is 2.29. The minimum Gasteiger partial charge on any atom is -0.493 e. The van der Waals surface area contributed by atoms with Gasteiger partial charge in [0.15, 0.2) is 11.5 Å². The Labute approximate surface area is 176 Å². The summed E-state index contributed by atoms with van der Waals surface area (Å²) in [6.45, 7) is 2.87. The number of aromatic nitrogens is 1. The number of hydrogen-bond donors (Lipinski definition) is 1. The van der Waals surface area contributed by atoms with Crippen molar-refractivity contribution in [3.8, 4) is 11.5 Å². The lowest BCUT2D eigenvalue weighted by molar-refractivity contribution is -0.123. The highest BCUT2D eigenvalue weighted by atomic mass is 32.1. The molecule has 1 saturated heterocycles. The van der Waals surface area contributed by atoms with Crippen LogP contribution in [-0.2, 0) is 11.3 Å². The number of benzene rings is 1.